The van der Waals surface area contributed by atoms with Crippen molar-refractivity contribution in [3.8, 4) is 0 Å². The highest BCUT2D eigenvalue weighted by atomic mass is 19.4. The van der Waals surface area contributed by atoms with Crippen molar-refractivity contribution in [3.05, 3.63) is 17.8 Å². The van der Waals surface area contributed by atoms with Crippen molar-refractivity contribution in [2.75, 3.05) is 17.6 Å². The molecule has 90 valence electrons. The summed E-state index contributed by atoms with van der Waals surface area (Å²) >= 11 is 0. The largest absolute Gasteiger partial charge is 0.416 e. The van der Waals surface area contributed by atoms with Crippen LogP contribution in [0, 0.1) is 6.92 Å². The minimum Gasteiger partial charge on any atom is -0.397 e. The Morgan fingerprint density at radius 1 is 1.56 bits per heavy atom. The molecular formula is C9H12F3N3O. The van der Waals surface area contributed by atoms with Crippen LogP contribution in [0.4, 0.5) is 24.7 Å². The van der Waals surface area contributed by atoms with Crippen LogP contribution in [0.1, 0.15) is 5.56 Å². The molecule has 0 saturated heterocycles. The van der Waals surface area contributed by atoms with E-state index in [2.05, 4.69) is 10.3 Å². The lowest BCUT2D eigenvalue weighted by Gasteiger charge is -2.15. The van der Waals surface area contributed by atoms with Gasteiger partial charge in [0.25, 0.3) is 0 Å². The normalized spacial score (nSPS) is 13.6. The Labute approximate surface area is 90.3 Å². The summed E-state index contributed by atoms with van der Waals surface area (Å²) in [7, 11) is 0. The summed E-state index contributed by atoms with van der Waals surface area (Å²) in [4.78, 5) is 3.78. The summed E-state index contributed by atoms with van der Waals surface area (Å²) in [6.45, 7) is 1.07. The second-order valence-corrected chi connectivity index (χ2v) is 3.36. The van der Waals surface area contributed by atoms with Crippen LogP contribution in [0.2, 0.25) is 0 Å². The van der Waals surface area contributed by atoms with Crippen LogP contribution in [-0.2, 0) is 0 Å². The first kappa shape index (κ1) is 12.6. The van der Waals surface area contributed by atoms with Gasteiger partial charge in [-0.25, -0.2) is 4.98 Å². The Balaban J connectivity index is 2.58. The molecule has 1 unspecified atom stereocenters. The van der Waals surface area contributed by atoms with Crippen molar-refractivity contribution in [1.29, 1.82) is 0 Å². The maximum atomic E-state index is 12.0. The Hall–Kier alpha value is -1.50. The number of nitrogens with one attached hydrogen (secondary N) is 1. The molecule has 0 saturated carbocycles. The number of hydrogen-bond donors (Lipinski definition) is 3. The molecule has 4 N–H and O–H groups in total. The van der Waals surface area contributed by atoms with E-state index < -0.39 is 18.8 Å². The van der Waals surface area contributed by atoms with Crippen LogP contribution >= 0.6 is 0 Å². The third kappa shape index (κ3) is 3.27. The van der Waals surface area contributed by atoms with Crippen LogP contribution in [-0.4, -0.2) is 28.9 Å². The number of alkyl halides is 3. The second-order valence-electron chi connectivity index (χ2n) is 3.36. The van der Waals surface area contributed by atoms with Gasteiger partial charge in [0.05, 0.1) is 18.4 Å². The zero-order chi connectivity index (χ0) is 12.3. The number of aliphatic hydroxyl groups excluding tert-OH is 1. The number of nitrogen functional groups attached to an aromatic ring is 1. The lowest BCUT2D eigenvalue weighted by Crippen LogP contribution is -2.35. The quantitative estimate of drug-likeness (QED) is 0.738. The molecule has 0 aliphatic heterocycles. The smallest absolute Gasteiger partial charge is 0.397 e. The maximum absolute atomic E-state index is 12.0. The van der Waals surface area contributed by atoms with E-state index in [4.69, 9.17) is 10.8 Å². The van der Waals surface area contributed by atoms with E-state index in [1.54, 1.807) is 6.92 Å². The predicted molar refractivity (Wildman–Crippen MR) is 53.9 cm³/mol. The van der Waals surface area contributed by atoms with Gasteiger partial charge in [-0.2, -0.15) is 13.2 Å². The fraction of sp³-hybridized carbons (Fsp3) is 0.444. The summed E-state index contributed by atoms with van der Waals surface area (Å²) in [5.41, 5.74) is 6.66. The number of rotatable bonds is 3. The van der Waals surface area contributed by atoms with Gasteiger partial charge in [0.15, 0.2) is 6.10 Å². The fourth-order valence-corrected chi connectivity index (χ4v) is 0.980. The first-order valence-electron chi connectivity index (χ1n) is 4.51. The molecule has 0 radical (unpaired) electrons. The highest BCUT2D eigenvalue weighted by Crippen LogP contribution is 2.20. The van der Waals surface area contributed by atoms with E-state index >= 15 is 0 Å². The topological polar surface area (TPSA) is 71.2 Å². The highest BCUT2D eigenvalue weighted by molar-refractivity contribution is 5.50. The minimum atomic E-state index is -4.63. The monoisotopic (exact) mass is 235 g/mol. The molecule has 0 bridgehead atoms. The fourth-order valence-electron chi connectivity index (χ4n) is 0.980. The van der Waals surface area contributed by atoms with Crippen molar-refractivity contribution in [2.45, 2.75) is 19.2 Å². The van der Waals surface area contributed by atoms with Crippen LogP contribution in [0.3, 0.4) is 0 Å². The zero-order valence-corrected chi connectivity index (χ0v) is 8.54. The van der Waals surface area contributed by atoms with Crippen molar-refractivity contribution < 1.29 is 18.3 Å². The van der Waals surface area contributed by atoms with E-state index in [0.29, 0.717) is 11.3 Å². The van der Waals surface area contributed by atoms with E-state index in [-0.39, 0.29) is 5.82 Å². The molecule has 1 aromatic rings. The Kier molecular flexibility index (Phi) is 3.58. The van der Waals surface area contributed by atoms with Gasteiger partial charge < -0.3 is 16.2 Å². The molecule has 0 aliphatic rings. The van der Waals surface area contributed by atoms with E-state index in [1.165, 1.54) is 12.3 Å². The minimum absolute atomic E-state index is 0.245. The summed E-state index contributed by atoms with van der Waals surface area (Å²) in [5, 5.41) is 11.1. The lowest BCUT2D eigenvalue weighted by atomic mass is 10.2. The Bertz CT molecular complexity index is 368. The molecule has 1 aromatic heterocycles. The molecule has 1 heterocycles. The third-order valence-corrected chi connectivity index (χ3v) is 2.01. The number of aromatic nitrogens is 1. The number of hydrogen-bond acceptors (Lipinski definition) is 4. The zero-order valence-electron chi connectivity index (χ0n) is 8.54. The third-order valence-electron chi connectivity index (χ3n) is 2.01. The summed E-state index contributed by atoms with van der Waals surface area (Å²) in [6, 6.07) is 1.51. The van der Waals surface area contributed by atoms with Crippen molar-refractivity contribution in [3.63, 3.8) is 0 Å². The predicted octanol–water partition coefficient (Wildman–Crippen LogP) is 1.31. The number of pyridine rings is 1. The number of aliphatic hydroxyl groups is 1. The molecule has 4 nitrogen and oxygen atoms in total. The molecule has 0 aromatic carbocycles. The van der Waals surface area contributed by atoms with Crippen LogP contribution in [0.5, 0.6) is 0 Å². The first-order chi connectivity index (χ1) is 7.30. The Morgan fingerprint density at radius 3 is 2.69 bits per heavy atom. The standard InChI is InChI=1S/C9H12F3N3O/c1-5-2-8(14-3-6(5)13)15-4-7(16)9(10,11)12/h2-3,7,16H,4,13H2,1H3,(H,14,15). The summed E-state index contributed by atoms with van der Waals surface area (Å²) in [5.74, 6) is 0.245. The molecule has 7 heteroatoms. The highest BCUT2D eigenvalue weighted by Gasteiger charge is 2.37. The average Bonchev–Trinajstić information content (AvgIpc) is 2.18. The molecule has 1 atom stereocenters. The van der Waals surface area contributed by atoms with Crippen LogP contribution < -0.4 is 11.1 Å². The van der Waals surface area contributed by atoms with Gasteiger partial charge >= 0.3 is 6.18 Å². The molecular weight excluding hydrogens is 223 g/mol. The number of nitrogens with zero attached hydrogens (tertiary/aromatic N) is 1. The first-order valence-corrected chi connectivity index (χ1v) is 4.51. The average molecular weight is 235 g/mol. The summed E-state index contributed by atoms with van der Waals surface area (Å²) < 4.78 is 35.9. The molecule has 0 spiro atoms. The van der Waals surface area contributed by atoms with Gasteiger partial charge in [0, 0.05) is 0 Å². The number of nitrogens with two attached hydrogens (primary N) is 1. The number of aryl methyl sites for hydroxylation is 1. The van der Waals surface area contributed by atoms with Gasteiger partial charge in [-0.3, -0.25) is 0 Å². The van der Waals surface area contributed by atoms with E-state index in [0.717, 1.165) is 0 Å². The van der Waals surface area contributed by atoms with Gasteiger partial charge in [-0.15, -0.1) is 0 Å². The Morgan fingerprint density at radius 2 is 2.19 bits per heavy atom. The molecule has 16 heavy (non-hydrogen) atoms. The van der Waals surface area contributed by atoms with Crippen molar-refractivity contribution >= 4 is 11.5 Å². The summed E-state index contributed by atoms with van der Waals surface area (Å²) in [6.07, 6.45) is -5.69. The lowest BCUT2D eigenvalue weighted by molar-refractivity contribution is -0.198. The molecule has 0 fully saturated rings. The van der Waals surface area contributed by atoms with Gasteiger partial charge in [0.2, 0.25) is 0 Å². The van der Waals surface area contributed by atoms with Gasteiger partial charge in [-0.05, 0) is 18.6 Å². The molecule has 1 rings (SSSR count). The number of halogens is 3. The van der Waals surface area contributed by atoms with Crippen LogP contribution in [0.25, 0.3) is 0 Å². The van der Waals surface area contributed by atoms with E-state index in [9.17, 15) is 13.2 Å². The SMILES string of the molecule is Cc1cc(NCC(O)C(F)(F)F)ncc1N. The van der Waals surface area contributed by atoms with Gasteiger partial charge in [0.1, 0.15) is 5.82 Å². The molecule has 0 amide bonds. The number of anilines is 2. The van der Waals surface area contributed by atoms with E-state index in [1.807, 2.05) is 0 Å². The van der Waals surface area contributed by atoms with Gasteiger partial charge in [-0.1, -0.05) is 0 Å². The van der Waals surface area contributed by atoms with Crippen molar-refractivity contribution in [2.24, 2.45) is 0 Å². The van der Waals surface area contributed by atoms with Crippen LogP contribution in [0.15, 0.2) is 12.3 Å². The molecule has 0 aliphatic carbocycles. The maximum Gasteiger partial charge on any atom is 0.416 e. The second kappa shape index (κ2) is 4.56. The van der Waals surface area contributed by atoms with Crippen molar-refractivity contribution in [1.82, 2.24) is 4.98 Å².